The van der Waals surface area contributed by atoms with Crippen LogP contribution in [0, 0.1) is 6.92 Å². The van der Waals surface area contributed by atoms with E-state index in [0.29, 0.717) is 22.5 Å². The standard InChI is InChI=1S/C19H22N4O4.ClH/c1-11-9-15(26-3)16(18(24)22(11)2)13-6-5-12(10-14(20)19(25)27-4)23-8-7-21-17(13)23;/h5-9,14H,10,20H2,1-4H3;1H/t14-;/m0./s1. The number of rotatable bonds is 5. The molecule has 0 saturated carbocycles. The maximum atomic E-state index is 12.9. The van der Waals surface area contributed by atoms with Gasteiger partial charge < -0.3 is 24.2 Å². The highest BCUT2D eigenvalue weighted by atomic mass is 35.5. The second-order valence-corrected chi connectivity index (χ2v) is 6.29. The van der Waals surface area contributed by atoms with Crippen LogP contribution in [-0.4, -0.2) is 40.2 Å². The Morgan fingerprint density at radius 1 is 1.32 bits per heavy atom. The minimum atomic E-state index is -0.784. The summed E-state index contributed by atoms with van der Waals surface area (Å²) in [7, 11) is 4.55. The zero-order valence-corrected chi connectivity index (χ0v) is 16.9. The quantitative estimate of drug-likeness (QED) is 0.644. The minimum Gasteiger partial charge on any atom is -0.496 e. The van der Waals surface area contributed by atoms with Crippen molar-refractivity contribution in [3.63, 3.8) is 0 Å². The number of hydrogen-bond acceptors (Lipinski definition) is 6. The second kappa shape index (κ2) is 8.45. The van der Waals surface area contributed by atoms with Crippen LogP contribution in [0.3, 0.4) is 0 Å². The summed E-state index contributed by atoms with van der Waals surface area (Å²) in [6.07, 6.45) is 3.68. The van der Waals surface area contributed by atoms with Crippen molar-refractivity contribution in [1.29, 1.82) is 0 Å². The van der Waals surface area contributed by atoms with Gasteiger partial charge in [0.05, 0.1) is 19.8 Å². The molecule has 0 spiro atoms. The number of carbonyl (C=O) groups excluding carboxylic acids is 1. The van der Waals surface area contributed by atoms with Crippen LogP contribution in [-0.2, 0) is 23.0 Å². The van der Waals surface area contributed by atoms with Crippen LogP contribution in [0.5, 0.6) is 5.75 Å². The van der Waals surface area contributed by atoms with Gasteiger partial charge in [-0.15, -0.1) is 12.4 Å². The third kappa shape index (κ3) is 3.61. The van der Waals surface area contributed by atoms with Gasteiger partial charge >= 0.3 is 5.97 Å². The molecule has 9 heteroatoms. The molecule has 0 radical (unpaired) electrons. The number of pyridine rings is 2. The second-order valence-electron chi connectivity index (χ2n) is 6.29. The lowest BCUT2D eigenvalue weighted by molar-refractivity contribution is -0.142. The predicted octanol–water partition coefficient (Wildman–Crippen LogP) is 1.48. The first kappa shape index (κ1) is 21.5. The fraction of sp³-hybridized carbons (Fsp3) is 0.316. The first-order valence-electron chi connectivity index (χ1n) is 8.42. The molecule has 2 N–H and O–H groups in total. The van der Waals surface area contributed by atoms with Crippen molar-refractivity contribution >= 4 is 24.0 Å². The number of carbonyl (C=O) groups is 1. The highest BCUT2D eigenvalue weighted by Crippen LogP contribution is 2.30. The van der Waals surface area contributed by atoms with Crippen LogP contribution in [0.15, 0.2) is 35.4 Å². The number of nitrogens with zero attached hydrogens (tertiary/aromatic N) is 3. The average Bonchev–Trinajstić information content (AvgIpc) is 3.16. The van der Waals surface area contributed by atoms with E-state index in [1.807, 2.05) is 23.5 Å². The largest absolute Gasteiger partial charge is 0.496 e. The normalized spacial score (nSPS) is 11.8. The van der Waals surface area contributed by atoms with Gasteiger partial charge in [0.1, 0.15) is 17.4 Å². The third-order valence-electron chi connectivity index (χ3n) is 4.69. The van der Waals surface area contributed by atoms with E-state index in [4.69, 9.17) is 15.2 Å². The molecular formula is C19H23ClN4O4. The summed E-state index contributed by atoms with van der Waals surface area (Å²) < 4.78 is 13.5. The van der Waals surface area contributed by atoms with Gasteiger partial charge in [0.25, 0.3) is 5.56 Å². The maximum absolute atomic E-state index is 12.9. The summed E-state index contributed by atoms with van der Waals surface area (Å²) in [4.78, 5) is 28.9. The number of methoxy groups -OCH3 is 2. The Morgan fingerprint density at radius 2 is 2.04 bits per heavy atom. The number of imidazole rings is 1. The SMILES string of the molecule is COC(=O)[C@@H](N)Cc1ccc(-c2c(OC)cc(C)n(C)c2=O)c2nccn12.Cl. The first-order valence-corrected chi connectivity index (χ1v) is 8.42. The van der Waals surface area contributed by atoms with Gasteiger partial charge in [-0.05, 0) is 19.1 Å². The molecular weight excluding hydrogens is 384 g/mol. The average molecular weight is 407 g/mol. The lowest BCUT2D eigenvalue weighted by Gasteiger charge is -2.15. The lowest BCUT2D eigenvalue weighted by Crippen LogP contribution is -2.34. The molecule has 0 aliphatic rings. The Bertz CT molecular complexity index is 1070. The Hall–Kier alpha value is -2.84. The molecule has 3 aromatic rings. The predicted molar refractivity (Wildman–Crippen MR) is 108 cm³/mol. The fourth-order valence-electron chi connectivity index (χ4n) is 3.09. The summed E-state index contributed by atoms with van der Waals surface area (Å²) in [6, 6.07) is 4.66. The number of hydrogen-bond donors (Lipinski definition) is 1. The summed E-state index contributed by atoms with van der Waals surface area (Å²) in [5, 5.41) is 0. The van der Waals surface area contributed by atoms with Gasteiger partial charge in [-0.3, -0.25) is 9.59 Å². The molecule has 0 aromatic carbocycles. The van der Waals surface area contributed by atoms with Crippen molar-refractivity contribution in [1.82, 2.24) is 14.0 Å². The first-order chi connectivity index (χ1) is 12.9. The summed E-state index contributed by atoms with van der Waals surface area (Å²) in [5.74, 6) is 0.000858. The van der Waals surface area contributed by atoms with Crippen LogP contribution in [0.25, 0.3) is 16.8 Å². The van der Waals surface area contributed by atoms with Crippen LogP contribution in [0.4, 0.5) is 0 Å². The molecule has 1 atom stereocenters. The van der Waals surface area contributed by atoms with E-state index in [1.165, 1.54) is 14.2 Å². The van der Waals surface area contributed by atoms with E-state index < -0.39 is 12.0 Å². The van der Waals surface area contributed by atoms with Crippen molar-refractivity contribution in [2.24, 2.45) is 12.8 Å². The number of halogens is 1. The number of esters is 1. The molecule has 0 aliphatic carbocycles. The van der Waals surface area contributed by atoms with Crippen LogP contribution in [0.1, 0.15) is 11.4 Å². The van der Waals surface area contributed by atoms with Gasteiger partial charge in [0, 0.05) is 48.9 Å². The van der Waals surface area contributed by atoms with Crippen molar-refractivity contribution in [3.8, 4) is 16.9 Å². The van der Waals surface area contributed by atoms with Crippen LogP contribution >= 0.6 is 12.4 Å². The Labute approximate surface area is 168 Å². The highest BCUT2D eigenvalue weighted by molar-refractivity contribution is 5.85. The van der Waals surface area contributed by atoms with Gasteiger partial charge in [-0.2, -0.15) is 0 Å². The molecule has 150 valence electrons. The molecule has 0 saturated heterocycles. The monoisotopic (exact) mass is 406 g/mol. The Morgan fingerprint density at radius 3 is 2.68 bits per heavy atom. The summed E-state index contributed by atoms with van der Waals surface area (Å²) in [6.45, 7) is 1.84. The van der Waals surface area contributed by atoms with Gasteiger partial charge in [0.15, 0.2) is 0 Å². The number of fused-ring (bicyclic) bond motifs is 1. The molecule has 0 unspecified atom stereocenters. The molecule has 3 heterocycles. The number of nitrogens with two attached hydrogens (primary N) is 1. The Kier molecular flexibility index (Phi) is 6.48. The van der Waals surface area contributed by atoms with E-state index in [2.05, 4.69) is 4.98 Å². The number of ether oxygens (including phenoxy) is 2. The molecule has 0 fully saturated rings. The molecule has 8 nitrogen and oxygen atoms in total. The third-order valence-corrected chi connectivity index (χ3v) is 4.69. The van der Waals surface area contributed by atoms with E-state index in [-0.39, 0.29) is 24.4 Å². The molecule has 0 aliphatic heterocycles. The van der Waals surface area contributed by atoms with E-state index in [0.717, 1.165) is 11.4 Å². The zero-order valence-electron chi connectivity index (χ0n) is 16.1. The lowest BCUT2D eigenvalue weighted by atomic mass is 10.0. The maximum Gasteiger partial charge on any atom is 0.323 e. The molecule has 28 heavy (non-hydrogen) atoms. The van der Waals surface area contributed by atoms with Crippen molar-refractivity contribution < 1.29 is 14.3 Å². The van der Waals surface area contributed by atoms with Crippen LogP contribution < -0.4 is 16.0 Å². The van der Waals surface area contributed by atoms with E-state index >= 15 is 0 Å². The molecule has 3 aromatic heterocycles. The smallest absolute Gasteiger partial charge is 0.323 e. The van der Waals surface area contributed by atoms with Crippen LogP contribution in [0.2, 0.25) is 0 Å². The van der Waals surface area contributed by atoms with Gasteiger partial charge in [-0.25, -0.2) is 4.98 Å². The van der Waals surface area contributed by atoms with Crippen molar-refractivity contribution in [3.05, 3.63) is 52.3 Å². The topological polar surface area (TPSA) is 101 Å². The summed E-state index contributed by atoms with van der Waals surface area (Å²) >= 11 is 0. The summed E-state index contributed by atoms with van der Waals surface area (Å²) in [5.41, 5.74) is 8.97. The van der Waals surface area contributed by atoms with Gasteiger partial charge in [0.2, 0.25) is 0 Å². The molecule has 3 rings (SSSR count). The van der Waals surface area contributed by atoms with E-state index in [1.54, 1.807) is 30.1 Å². The van der Waals surface area contributed by atoms with Crippen molar-refractivity contribution in [2.75, 3.05) is 14.2 Å². The Balaban J connectivity index is 0.00000280. The van der Waals surface area contributed by atoms with Gasteiger partial charge in [-0.1, -0.05) is 0 Å². The zero-order chi connectivity index (χ0) is 19.7. The van der Waals surface area contributed by atoms with Crippen molar-refractivity contribution in [2.45, 2.75) is 19.4 Å². The fourth-order valence-corrected chi connectivity index (χ4v) is 3.09. The minimum absolute atomic E-state index is 0. The highest BCUT2D eigenvalue weighted by Gasteiger charge is 2.21. The number of aryl methyl sites for hydroxylation is 1. The molecule has 0 bridgehead atoms. The molecule has 0 amide bonds. The number of aromatic nitrogens is 3. The van der Waals surface area contributed by atoms with E-state index in [9.17, 15) is 9.59 Å².